The summed E-state index contributed by atoms with van der Waals surface area (Å²) in [5.41, 5.74) is 0. The van der Waals surface area contributed by atoms with E-state index >= 15 is 0 Å². The zero-order valence-electron chi connectivity index (χ0n) is 17.3. The summed E-state index contributed by atoms with van der Waals surface area (Å²) in [6, 6.07) is 0. The summed E-state index contributed by atoms with van der Waals surface area (Å²) < 4.78 is 20.9. The Bertz CT molecular complexity index is 258. The van der Waals surface area contributed by atoms with E-state index in [0.717, 1.165) is 12.8 Å². The molecule has 0 spiro atoms. The van der Waals surface area contributed by atoms with Crippen LogP contribution in [0.1, 0.15) is 77.6 Å². The number of Topliss-reactive ketones (excluding diaryl/α,β-unsaturated/α-hetero) is 1. The van der Waals surface area contributed by atoms with Gasteiger partial charge >= 0.3 is 0 Å². The molecule has 0 fully saturated rings. The molecule has 156 valence electrons. The molecule has 26 heavy (non-hydrogen) atoms. The van der Waals surface area contributed by atoms with Crippen molar-refractivity contribution >= 4 is 5.78 Å². The van der Waals surface area contributed by atoms with E-state index in [-0.39, 0.29) is 12.4 Å². The van der Waals surface area contributed by atoms with Gasteiger partial charge in [0.2, 0.25) is 0 Å². The molecule has 5 heteroatoms. The number of hydrogen-bond donors (Lipinski definition) is 0. The first-order valence-electron chi connectivity index (χ1n) is 10.5. The van der Waals surface area contributed by atoms with Crippen LogP contribution in [0.5, 0.6) is 0 Å². The van der Waals surface area contributed by atoms with Gasteiger partial charge in [-0.05, 0) is 6.42 Å². The third kappa shape index (κ3) is 21.6. The Morgan fingerprint density at radius 1 is 0.615 bits per heavy atom. The largest absolute Gasteiger partial charge is 0.382 e. The lowest BCUT2D eigenvalue weighted by Crippen LogP contribution is -2.14. The summed E-state index contributed by atoms with van der Waals surface area (Å²) in [6.45, 7) is 5.71. The summed E-state index contributed by atoms with van der Waals surface area (Å²) in [5.74, 6) is 0.201. The van der Waals surface area contributed by atoms with Crippen LogP contribution in [0.3, 0.4) is 0 Å². The highest BCUT2D eigenvalue weighted by atomic mass is 16.6. The predicted molar refractivity (Wildman–Crippen MR) is 106 cm³/mol. The van der Waals surface area contributed by atoms with Crippen molar-refractivity contribution in [2.24, 2.45) is 0 Å². The van der Waals surface area contributed by atoms with Gasteiger partial charge in [-0.2, -0.15) is 0 Å². The van der Waals surface area contributed by atoms with Crippen LogP contribution in [0.4, 0.5) is 0 Å². The highest BCUT2D eigenvalue weighted by Gasteiger charge is 2.02. The molecule has 0 atom stereocenters. The van der Waals surface area contributed by atoms with Crippen LogP contribution < -0.4 is 0 Å². The van der Waals surface area contributed by atoms with Crippen LogP contribution in [0, 0.1) is 0 Å². The van der Waals surface area contributed by atoms with Crippen LogP contribution in [0.2, 0.25) is 0 Å². The van der Waals surface area contributed by atoms with Gasteiger partial charge in [0.25, 0.3) is 0 Å². The van der Waals surface area contributed by atoms with E-state index in [1.165, 1.54) is 51.4 Å². The molecule has 0 heterocycles. The molecular weight excluding hydrogens is 332 g/mol. The number of rotatable bonds is 22. The lowest BCUT2D eigenvalue weighted by molar-refractivity contribution is -0.124. The molecule has 0 aromatic rings. The fourth-order valence-electron chi connectivity index (χ4n) is 2.65. The highest BCUT2D eigenvalue weighted by molar-refractivity contribution is 5.79. The maximum Gasteiger partial charge on any atom is 0.158 e. The van der Waals surface area contributed by atoms with Crippen LogP contribution >= 0.6 is 0 Å². The van der Waals surface area contributed by atoms with Gasteiger partial charge in [0.15, 0.2) is 5.78 Å². The van der Waals surface area contributed by atoms with E-state index in [1.807, 2.05) is 0 Å². The first kappa shape index (κ1) is 25.5. The number of unbranched alkanes of at least 4 members (excludes halogenated alkanes) is 9. The number of ketones is 1. The molecule has 0 bridgehead atoms. The van der Waals surface area contributed by atoms with Gasteiger partial charge in [-0.3, -0.25) is 4.79 Å². The minimum Gasteiger partial charge on any atom is -0.382 e. The molecule has 0 aliphatic rings. The Kier molecular flexibility index (Phi) is 22.1. The topological polar surface area (TPSA) is 54.0 Å². The van der Waals surface area contributed by atoms with E-state index in [4.69, 9.17) is 18.9 Å². The number of methoxy groups -OCH3 is 1. The summed E-state index contributed by atoms with van der Waals surface area (Å²) in [7, 11) is 1.65. The van der Waals surface area contributed by atoms with Crippen molar-refractivity contribution < 1.29 is 23.7 Å². The molecule has 0 amide bonds. The second-order valence-corrected chi connectivity index (χ2v) is 6.74. The number of hydrogen-bond acceptors (Lipinski definition) is 5. The van der Waals surface area contributed by atoms with Crippen LogP contribution in [-0.2, 0) is 23.7 Å². The second kappa shape index (κ2) is 22.6. The van der Waals surface area contributed by atoms with E-state index < -0.39 is 0 Å². The Labute approximate surface area is 161 Å². The summed E-state index contributed by atoms with van der Waals surface area (Å²) in [6.07, 6.45) is 13.5. The minimum absolute atomic E-state index is 0.201. The van der Waals surface area contributed by atoms with Crippen molar-refractivity contribution in [2.45, 2.75) is 77.6 Å². The van der Waals surface area contributed by atoms with Crippen molar-refractivity contribution in [1.82, 2.24) is 0 Å². The Balaban J connectivity index is 3.13. The maximum absolute atomic E-state index is 11.7. The Morgan fingerprint density at radius 3 is 1.62 bits per heavy atom. The second-order valence-electron chi connectivity index (χ2n) is 6.74. The molecule has 0 aliphatic carbocycles. The average Bonchev–Trinajstić information content (AvgIpc) is 2.64. The molecule has 0 unspecified atom stereocenters. The van der Waals surface area contributed by atoms with Gasteiger partial charge in [0, 0.05) is 13.5 Å². The third-order valence-corrected chi connectivity index (χ3v) is 4.25. The number of carbonyl (C=O) groups excluding carboxylic acids is 1. The predicted octanol–water partition coefficient (Wildman–Crippen LogP) is 4.56. The molecule has 0 N–H and O–H groups in total. The molecular formula is C21H42O5. The monoisotopic (exact) mass is 374 g/mol. The summed E-state index contributed by atoms with van der Waals surface area (Å²) >= 11 is 0. The molecule has 0 saturated carbocycles. The van der Waals surface area contributed by atoms with E-state index in [0.29, 0.717) is 46.1 Å². The van der Waals surface area contributed by atoms with Crippen molar-refractivity contribution in [3.8, 4) is 0 Å². The molecule has 0 radical (unpaired) electrons. The van der Waals surface area contributed by atoms with E-state index in [9.17, 15) is 4.79 Å². The Morgan fingerprint density at radius 2 is 1.08 bits per heavy atom. The van der Waals surface area contributed by atoms with Gasteiger partial charge in [-0.1, -0.05) is 64.7 Å². The molecule has 0 saturated heterocycles. The quantitative estimate of drug-likeness (QED) is 0.260. The van der Waals surface area contributed by atoms with E-state index in [1.54, 1.807) is 7.11 Å². The van der Waals surface area contributed by atoms with Gasteiger partial charge < -0.3 is 18.9 Å². The smallest absolute Gasteiger partial charge is 0.158 e. The zero-order valence-corrected chi connectivity index (χ0v) is 17.3. The standard InChI is InChI=1S/C21H42O5/c1-3-4-5-6-7-8-9-10-11-12-13-21(22)20-26-19-18-25-17-16-24-15-14-23-2/h3-20H2,1-2H3. The van der Waals surface area contributed by atoms with Crippen molar-refractivity contribution in [1.29, 1.82) is 0 Å². The third-order valence-electron chi connectivity index (χ3n) is 4.25. The number of carbonyl (C=O) groups is 1. The molecule has 0 aromatic heterocycles. The fourth-order valence-corrected chi connectivity index (χ4v) is 2.65. The zero-order chi connectivity index (χ0) is 19.1. The lowest BCUT2D eigenvalue weighted by Gasteiger charge is -2.06. The van der Waals surface area contributed by atoms with Crippen molar-refractivity contribution in [3.63, 3.8) is 0 Å². The van der Waals surface area contributed by atoms with Gasteiger partial charge in [-0.15, -0.1) is 0 Å². The SMILES string of the molecule is CCCCCCCCCCCCC(=O)COCCOCCOCCOC. The molecule has 5 nitrogen and oxygen atoms in total. The maximum atomic E-state index is 11.7. The van der Waals surface area contributed by atoms with Gasteiger partial charge in [0.1, 0.15) is 6.61 Å². The molecule has 0 aromatic carbocycles. The lowest BCUT2D eigenvalue weighted by atomic mass is 10.1. The van der Waals surface area contributed by atoms with Crippen LogP contribution in [-0.4, -0.2) is 59.1 Å². The first-order chi connectivity index (χ1) is 12.8. The molecule has 0 rings (SSSR count). The van der Waals surface area contributed by atoms with E-state index in [2.05, 4.69) is 6.92 Å². The number of ether oxygens (including phenoxy) is 4. The summed E-state index contributed by atoms with van der Waals surface area (Å²) in [4.78, 5) is 11.7. The average molecular weight is 375 g/mol. The Hall–Kier alpha value is -0.490. The van der Waals surface area contributed by atoms with Crippen LogP contribution in [0.15, 0.2) is 0 Å². The summed E-state index contributed by atoms with van der Waals surface area (Å²) in [5, 5.41) is 0. The minimum atomic E-state index is 0.201. The van der Waals surface area contributed by atoms with Crippen LogP contribution in [0.25, 0.3) is 0 Å². The normalized spacial score (nSPS) is 11.2. The highest BCUT2D eigenvalue weighted by Crippen LogP contribution is 2.11. The van der Waals surface area contributed by atoms with Crippen molar-refractivity contribution in [2.75, 3.05) is 53.4 Å². The fraction of sp³-hybridized carbons (Fsp3) is 0.952. The van der Waals surface area contributed by atoms with Gasteiger partial charge in [0.05, 0.1) is 39.6 Å². The first-order valence-corrected chi connectivity index (χ1v) is 10.5. The van der Waals surface area contributed by atoms with Gasteiger partial charge in [-0.25, -0.2) is 0 Å². The van der Waals surface area contributed by atoms with Crippen molar-refractivity contribution in [3.05, 3.63) is 0 Å². The molecule has 0 aliphatic heterocycles.